The van der Waals surface area contributed by atoms with Gasteiger partial charge in [-0.3, -0.25) is 9.59 Å². The van der Waals surface area contributed by atoms with Gasteiger partial charge in [-0.25, -0.2) is 0 Å². The summed E-state index contributed by atoms with van der Waals surface area (Å²) in [6.45, 7) is 5.49. The maximum Gasteiger partial charge on any atom is 0.237 e. The lowest BCUT2D eigenvalue weighted by Crippen LogP contribution is -2.51. The van der Waals surface area contributed by atoms with Crippen molar-refractivity contribution in [2.24, 2.45) is 11.3 Å². The number of hydrogen-bond donors (Lipinski definition) is 1. The van der Waals surface area contributed by atoms with E-state index in [1.54, 1.807) is 13.8 Å². The molecule has 0 atom stereocenters. The molecular formula is C25H32N2O2. The van der Waals surface area contributed by atoms with Crippen LogP contribution < -0.4 is 5.32 Å². The van der Waals surface area contributed by atoms with Crippen LogP contribution in [0.4, 0.5) is 0 Å². The first kappa shape index (κ1) is 21.1. The average Bonchev–Trinajstić information content (AvgIpc) is 2.75. The van der Waals surface area contributed by atoms with Crippen LogP contribution in [-0.4, -0.2) is 36.3 Å². The van der Waals surface area contributed by atoms with Gasteiger partial charge in [-0.05, 0) is 56.6 Å². The Morgan fingerprint density at radius 3 is 2.07 bits per heavy atom. The van der Waals surface area contributed by atoms with Crippen LogP contribution in [0, 0.1) is 11.3 Å². The molecule has 0 aliphatic carbocycles. The number of nitrogens with one attached hydrogen (secondary N) is 1. The van der Waals surface area contributed by atoms with Crippen LogP contribution in [0.2, 0.25) is 0 Å². The van der Waals surface area contributed by atoms with E-state index >= 15 is 0 Å². The van der Waals surface area contributed by atoms with Gasteiger partial charge in [0, 0.05) is 19.6 Å². The van der Waals surface area contributed by atoms with Gasteiger partial charge >= 0.3 is 0 Å². The molecule has 0 unspecified atom stereocenters. The molecule has 2 aromatic carbocycles. The third kappa shape index (κ3) is 5.69. The molecule has 0 radical (unpaired) electrons. The third-order valence-corrected chi connectivity index (χ3v) is 5.91. The van der Waals surface area contributed by atoms with E-state index in [9.17, 15) is 9.59 Å². The first-order valence-corrected chi connectivity index (χ1v) is 10.6. The standard InChI is InChI=1S/C25H32N2O2/c1-25(2,23(28)26-16-13-20-9-5-3-6-10-20)24(29)27-17-14-22(15-18-27)19-21-11-7-4-8-12-21/h3-12,22H,13-19H2,1-2H3,(H,26,28). The third-order valence-electron chi connectivity index (χ3n) is 5.91. The van der Waals surface area contributed by atoms with Crippen molar-refractivity contribution >= 4 is 11.8 Å². The zero-order valence-corrected chi connectivity index (χ0v) is 17.6. The molecule has 0 bridgehead atoms. The SMILES string of the molecule is CC(C)(C(=O)NCCc1ccccc1)C(=O)N1CCC(Cc2ccccc2)CC1. The summed E-state index contributed by atoms with van der Waals surface area (Å²) in [6, 6.07) is 20.6. The average molecular weight is 393 g/mol. The van der Waals surface area contributed by atoms with E-state index in [0.717, 1.165) is 38.8 Å². The highest BCUT2D eigenvalue weighted by Gasteiger charge is 2.39. The van der Waals surface area contributed by atoms with E-state index < -0.39 is 5.41 Å². The molecule has 1 N–H and O–H groups in total. The van der Waals surface area contributed by atoms with Gasteiger partial charge < -0.3 is 10.2 Å². The van der Waals surface area contributed by atoms with Crippen molar-refractivity contribution in [1.82, 2.24) is 10.2 Å². The van der Waals surface area contributed by atoms with Gasteiger partial charge in [-0.1, -0.05) is 60.7 Å². The molecular weight excluding hydrogens is 360 g/mol. The van der Waals surface area contributed by atoms with Crippen molar-refractivity contribution in [1.29, 1.82) is 0 Å². The second kappa shape index (κ2) is 9.73. The summed E-state index contributed by atoms with van der Waals surface area (Å²) < 4.78 is 0. The molecule has 0 saturated carbocycles. The lowest BCUT2D eigenvalue weighted by atomic mass is 9.86. The molecule has 0 spiro atoms. The summed E-state index contributed by atoms with van der Waals surface area (Å²) in [7, 11) is 0. The van der Waals surface area contributed by atoms with Gasteiger partial charge in [0.2, 0.25) is 11.8 Å². The van der Waals surface area contributed by atoms with E-state index in [2.05, 4.69) is 29.6 Å². The van der Waals surface area contributed by atoms with Gasteiger partial charge in [0.25, 0.3) is 0 Å². The maximum absolute atomic E-state index is 13.0. The Morgan fingerprint density at radius 1 is 0.931 bits per heavy atom. The largest absolute Gasteiger partial charge is 0.355 e. The first-order chi connectivity index (χ1) is 14.0. The summed E-state index contributed by atoms with van der Waals surface area (Å²) in [5.41, 5.74) is 1.50. The molecule has 1 saturated heterocycles. The Balaban J connectivity index is 1.46. The van der Waals surface area contributed by atoms with Crippen LogP contribution in [0.15, 0.2) is 60.7 Å². The fourth-order valence-electron chi connectivity index (χ4n) is 3.97. The van der Waals surface area contributed by atoms with Crippen molar-refractivity contribution in [2.45, 2.75) is 39.5 Å². The number of likely N-dealkylation sites (tertiary alicyclic amines) is 1. The van der Waals surface area contributed by atoms with Crippen molar-refractivity contribution in [3.63, 3.8) is 0 Å². The molecule has 3 rings (SSSR count). The molecule has 1 aliphatic heterocycles. The highest BCUT2D eigenvalue weighted by atomic mass is 16.2. The molecule has 4 nitrogen and oxygen atoms in total. The minimum absolute atomic E-state index is 0.0622. The molecule has 1 aliphatic rings. The van der Waals surface area contributed by atoms with Gasteiger partial charge in [0.1, 0.15) is 5.41 Å². The van der Waals surface area contributed by atoms with E-state index in [4.69, 9.17) is 0 Å². The number of amides is 2. The summed E-state index contributed by atoms with van der Waals surface area (Å²) in [4.78, 5) is 27.6. The number of piperidine rings is 1. The van der Waals surface area contributed by atoms with Crippen molar-refractivity contribution in [2.75, 3.05) is 19.6 Å². The first-order valence-electron chi connectivity index (χ1n) is 10.6. The van der Waals surface area contributed by atoms with E-state index in [1.165, 1.54) is 11.1 Å². The normalized spacial score (nSPS) is 15.2. The molecule has 154 valence electrons. The Hall–Kier alpha value is -2.62. The van der Waals surface area contributed by atoms with E-state index in [-0.39, 0.29) is 11.8 Å². The smallest absolute Gasteiger partial charge is 0.237 e. The van der Waals surface area contributed by atoms with Crippen LogP contribution in [0.25, 0.3) is 0 Å². The highest BCUT2D eigenvalue weighted by Crippen LogP contribution is 2.26. The Kier molecular flexibility index (Phi) is 7.08. The number of nitrogens with zero attached hydrogens (tertiary/aromatic N) is 1. The van der Waals surface area contributed by atoms with Gasteiger partial charge in [-0.2, -0.15) is 0 Å². The number of benzene rings is 2. The summed E-state index contributed by atoms with van der Waals surface area (Å²) in [5.74, 6) is 0.349. The Morgan fingerprint density at radius 2 is 1.48 bits per heavy atom. The van der Waals surface area contributed by atoms with Crippen LogP contribution in [0.5, 0.6) is 0 Å². The predicted molar refractivity (Wildman–Crippen MR) is 116 cm³/mol. The topological polar surface area (TPSA) is 49.4 Å². The second-order valence-corrected chi connectivity index (χ2v) is 8.54. The van der Waals surface area contributed by atoms with Crippen LogP contribution in [-0.2, 0) is 22.4 Å². The van der Waals surface area contributed by atoms with Crippen molar-refractivity contribution < 1.29 is 9.59 Å². The molecule has 1 heterocycles. The van der Waals surface area contributed by atoms with Crippen LogP contribution in [0.1, 0.15) is 37.8 Å². The van der Waals surface area contributed by atoms with Gasteiger partial charge in [0.05, 0.1) is 0 Å². The maximum atomic E-state index is 13.0. The quantitative estimate of drug-likeness (QED) is 0.728. The number of hydrogen-bond acceptors (Lipinski definition) is 2. The summed E-state index contributed by atoms with van der Waals surface area (Å²) in [5, 5.41) is 2.95. The number of carbonyl (C=O) groups is 2. The van der Waals surface area contributed by atoms with E-state index in [1.807, 2.05) is 41.3 Å². The summed E-state index contributed by atoms with van der Waals surface area (Å²) in [6.07, 6.45) is 3.81. The zero-order chi connectivity index (χ0) is 20.7. The fraction of sp³-hybridized carbons (Fsp3) is 0.440. The van der Waals surface area contributed by atoms with Crippen molar-refractivity contribution in [3.8, 4) is 0 Å². The zero-order valence-electron chi connectivity index (χ0n) is 17.6. The monoisotopic (exact) mass is 392 g/mol. The molecule has 2 amide bonds. The minimum atomic E-state index is -1.04. The van der Waals surface area contributed by atoms with Crippen LogP contribution in [0.3, 0.4) is 0 Å². The summed E-state index contributed by atoms with van der Waals surface area (Å²) >= 11 is 0. The molecule has 4 heteroatoms. The van der Waals surface area contributed by atoms with Gasteiger partial charge in [0.15, 0.2) is 0 Å². The van der Waals surface area contributed by atoms with E-state index in [0.29, 0.717) is 12.5 Å². The molecule has 0 aromatic heterocycles. The number of rotatable bonds is 7. The predicted octanol–water partition coefficient (Wildman–Crippen LogP) is 3.85. The van der Waals surface area contributed by atoms with Gasteiger partial charge in [-0.15, -0.1) is 0 Å². The molecule has 2 aromatic rings. The highest BCUT2D eigenvalue weighted by molar-refractivity contribution is 6.04. The van der Waals surface area contributed by atoms with Crippen LogP contribution >= 0.6 is 0 Å². The molecule has 1 fully saturated rings. The second-order valence-electron chi connectivity index (χ2n) is 8.54. The lowest BCUT2D eigenvalue weighted by Gasteiger charge is -2.36. The van der Waals surface area contributed by atoms with Crippen molar-refractivity contribution in [3.05, 3.63) is 71.8 Å². The minimum Gasteiger partial charge on any atom is -0.355 e. The Labute approximate surface area is 174 Å². The number of carbonyl (C=O) groups excluding carboxylic acids is 2. The fourth-order valence-corrected chi connectivity index (χ4v) is 3.97. The molecule has 29 heavy (non-hydrogen) atoms. The Bertz CT molecular complexity index is 794. The lowest BCUT2D eigenvalue weighted by molar-refractivity contribution is -0.149.